The summed E-state index contributed by atoms with van der Waals surface area (Å²) in [5.74, 6) is -0.806. The number of carboxylic acid groups (broad SMARTS) is 1. The van der Waals surface area contributed by atoms with Gasteiger partial charge in [-0.05, 0) is 17.7 Å². The molecule has 0 aliphatic carbocycles. The summed E-state index contributed by atoms with van der Waals surface area (Å²) in [6.07, 6.45) is 1.50. The molecule has 2 aromatic rings. The van der Waals surface area contributed by atoms with Crippen LogP contribution in [0.25, 0.3) is 0 Å². The van der Waals surface area contributed by atoms with Crippen molar-refractivity contribution in [2.45, 2.75) is 10.8 Å². The summed E-state index contributed by atoms with van der Waals surface area (Å²) in [7, 11) is 0. The number of aromatic nitrogens is 1. The number of nitro benzene ring substituents is 1. The SMILES string of the molecule is O=C([O-])c1cccnc1SCc1ccc([N+](=O)[O-])cc1. The second-order valence-electron chi connectivity index (χ2n) is 3.86. The average Bonchev–Trinajstić information content (AvgIpc) is 2.45. The molecule has 0 amide bonds. The van der Waals surface area contributed by atoms with Gasteiger partial charge in [0, 0.05) is 29.6 Å². The van der Waals surface area contributed by atoms with Gasteiger partial charge in [-0.15, -0.1) is 11.8 Å². The number of thioether (sulfide) groups is 1. The predicted molar refractivity (Wildman–Crippen MR) is 71.2 cm³/mol. The number of hydrogen-bond acceptors (Lipinski definition) is 6. The Morgan fingerprint density at radius 2 is 1.95 bits per heavy atom. The van der Waals surface area contributed by atoms with E-state index in [1.54, 1.807) is 12.1 Å². The maximum absolute atomic E-state index is 10.9. The first-order chi connectivity index (χ1) is 9.58. The van der Waals surface area contributed by atoms with Crippen molar-refractivity contribution in [3.63, 3.8) is 0 Å². The standard InChI is InChI=1S/C13H10N2O4S/c16-13(17)11-2-1-7-14-12(11)20-8-9-3-5-10(6-4-9)15(18)19/h1-7H,8H2,(H,16,17)/p-1. The van der Waals surface area contributed by atoms with E-state index in [-0.39, 0.29) is 11.3 Å². The van der Waals surface area contributed by atoms with E-state index in [9.17, 15) is 20.0 Å². The highest BCUT2D eigenvalue weighted by molar-refractivity contribution is 7.98. The van der Waals surface area contributed by atoms with Crippen molar-refractivity contribution in [2.24, 2.45) is 0 Å². The van der Waals surface area contributed by atoms with Gasteiger partial charge in [0.25, 0.3) is 5.69 Å². The van der Waals surface area contributed by atoms with Crippen molar-refractivity contribution in [2.75, 3.05) is 0 Å². The van der Waals surface area contributed by atoms with Crippen LogP contribution in [0.2, 0.25) is 0 Å². The van der Waals surface area contributed by atoms with Crippen LogP contribution in [-0.4, -0.2) is 15.9 Å². The van der Waals surface area contributed by atoms with E-state index in [1.807, 2.05) is 0 Å². The maximum atomic E-state index is 10.9. The summed E-state index contributed by atoms with van der Waals surface area (Å²) in [4.78, 5) is 25.0. The normalized spacial score (nSPS) is 10.2. The molecular weight excluding hydrogens is 280 g/mol. The van der Waals surface area contributed by atoms with Crippen molar-refractivity contribution in [1.29, 1.82) is 0 Å². The highest BCUT2D eigenvalue weighted by Crippen LogP contribution is 2.24. The number of nitrogens with zero attached hydrogens (tertiary/aromatic N) is 2. The topological polar surface area (TPSA) is 96.2 Å². The minimum atomic E-state index is -1.27. The molecule has 0 aliphatic rings. The second-order valence-corrected chi connectivity index (χ2v) is 4.82. The van der Waals surface area contributed by atoms with Crippen LogP contribution in [0.1, 0.15) is 15.9 Å². The molecule has 0 aliphatic heterocycles. The Kier molecular flexibility index (Phi) is 4.31. The number of nitro groups is 1. The summed E-state index contributed by atoms with van der Waals surface area (Å²) in [5.41, 5.74) is 0.905. The van der Waals surface area contributed by atoms with E-state index < -0.39 is 10.9 Å². The first-order valence-corrected chi connectivity index (χ1v) is 6.59. The Balaban J connectivity index is 2.09. The molecule has 0 bridgehead atoms. The summed E-state index contributed by atoms with van der Waals surface area (Å²) in [5, 5.41) is 21.8. The molecule has 2 rings (SSSR count). The monoisotopic (exact) mass is 289 g/mol. The minimum Gasteiger partial charge on any atom is -0.545 e. The molecule has 0 radical (unpaired) electrons. The zero-order valence-corrected chi connectivity index (χ0v) is 11.0. The number of rotatable bonds is 5. The Bertz CT molecular complexity index is 643. The van der Waals surface area contributed by atoms with Crippen molar-refractivity contribution in [1.82, 2.24) is 4.98 Å². The Morgan fingerprint density at radius 3 is 2.55 bits per heavy atom. The molecule has 0 saturated carbocycles. The van der Waals surface area contributed by atoms with Gasteiger partial charge in [0.1, 0.15) is 5.03 Å². The number of pyridine rings is 1. The third-order valence-corrected chi connectivity index (χ3v) is 3.59. The number of aromatic carboxylic acids is 1. The van der Waals surface area contributed by atoms with Gasteiger partial charge < -0.3 is 9.90 Å². The van der Waals surface area contributed by atoms with Gasteiger partial charge in [-0.25, -0.2) is 4.98 Å². The average molecular weight is 289 g/mol. The minimum absolute atomic E-state index is 0.0204. The van der Waals surface area contributed by atoms with Crippen molar-refractivity contribution in [3.8, 4) is 0 Å². The first kappa shape index (κ1) is 14.0. The fraction of sp³-hybridized carbons (Fsp3) is 0.0769. The Morgan fingerprint density at radius 1 is 1.25 bits per heavy atom. The quantitative estimate of drug-likeness (QED) is 0.471. The first-order valence-electron chi connectivity index (χ1n) is 5.60. The second kappa shape index (κ2) is 6.16. The fourth-order valence-corrected chi connectivity index (χ4v) is 2.46. The predicted octanol–water partition coefficient (Wildman–Crippen LogP) is 1.65. The van der Waals surface area contributed by atoms with Gasteiger partial charge in [-0.2, -0.15) is 0 Å². The maximum Gasteiger partial charge on any atom is 0.269 e. The molecule has 0 spiro atoms. The number of hydrogen-bond donors (Lipinski definition) is 0. The van der Waals surface area contributed by atoms with Crippen molar-refractivity contribution >= 4 is 23.4 Å². The van der Waals surface area contributed by atoms with E-state index in [4.69, 9.17) is 0 Å². The molecule has 102 valence electrons. The van der Waals surface area contributed by atoms with Crippen LogP contribution < -0.4 is 5.11 Å². The molecule has 0 N–H and O–H groups in total. The highest BCUT2D eigenvalue weighted by atomic mass is 32.2. The highest BCUT2D eigenvalue weighted by Gasteiger charge is 2.07. The fourth-order valence-electron chi connectivity index (χ4n) is 1.53. The lowest BCUT2D eigenvalue weighted by Crippen LogP contribution is -2.23. The van der Waals surface area contributed by atoms with Crippen LogP contribution in [0.15, 0.2) is 47.6 Å². The van der Waals surface area contributed by atoms with Crippen LogP contribution >= 0.6 is 11.8 Å². The third kappa shape index (κ3) is 3.33. The number of non-ortho nitro benzene ring substituents is 1. The Hall–Kier alpha value is -2.41. The zero-order chi connectivity index (χ0) is 14.5. The summed E-state index contributed by atoms with van der Waals surface area (Å²) >= 11 is 1.24. The van der Waals surface area contributed by atoms with Crippen LogP contribution in [0, 0.1) is 10.1 Å². The summed E-state index contributed by atoms with van der Waals surface area (Å²) in [6.45, 7) is 0. The largest absolute Gasteiger partial charge is 0.545 e. The third-order valence-electron chi connectivity index (χ3n) is 2.51. The molecule has 0 atom stereocenters. The smallest absolute Gasteiger partial charge is 0.269 e. The van der Waals surface area contributed by atoms with Crippen molar-refractivity contribution < 1.29 is 14.8 Å². The van der Waals surface area contributed by atoms with Crippen LogP contribution in [0.3, 0.4) is 0 Å². The van der Waals surface area contributed by atoms with Crippen LogP contribution in [0.5, 0.6) is 0 Å². The molecule has 1 aromatic heterocycles. The van der Waals surface area contributed by atoms with Crippen LogP contribution in [-0.2, 0) is 5.75 Å². The number of benzene rings is 1. The van der Waals surface area contributed by atoms with Gasteiger partial charge >= 0.3 is 0 Å². The van der Waals surface area contributed by atoms with Crippen LogP contribution in [0.4, 0.5) is 5.69 Å². The van der Waals surface area contributed by atoms with E-state index in [1.165, 1.54) is 42.2 Å². The lowest BCUT2D eigenvalue weighted by molar-refractivity contribution is -0.384. The van der Waals surface area contributed by atoms with Crippen molar-refractivity contribution in [3.05, 3.63) is 63.8 Å². The lowest BCUT2D eigenvalue weighted by Gasteiger charge is -2.08. The molecule has 1 aromatic carbocycles. The van der Waals surface area contributed by atoms with Gasteiger partial charge in [0.15, 0.2) is 0 Å². The molecular formula is C13H9N2O4S-. The molecule has 20 heavy (non-hydrogen) atoms. The van der Waals surface area contributed by atoms with Gasteiger partial charge in [0.2, 0.25) is 0 Å². The zero-order valence-electron chi connectivity index (χ0n) is 10.2. The van der Waals surface area contributed by atoms with E-state index in [2.05, 4.69) is 4.98 Å². The molecule has 6 nitrogen and oxygen atoms in total. The molecule has 1 heterocycles. The summed E-state index contributed by atoms with van der Waals surface area (Å²) in [6, 6.07) is 9.04. The van der Waals surface area contributed by atoms with Gasteiger partial charge in [0.05, 0.1) is 10.9 Å². The van der Waals surface area contributed by atoms with Gasteiger partial charge in [-0.3, -0.25) is 10.1 Å². The van der Waals surface area contributed by atoms with E-state index in [0.29, 0.717) is 10.8 Å². The number of carboxylic acids is 1. The molecule has 7 heteroatoms. The van der Waals surface area contributed by atoms with E-state index in [0.717, 1.165) is 5.56 Å². The van der Waals surface area contributed by atoms with Gasteiger partial charge in [-0.1, -0.05) is 12.1 Å². The molecule has 0 unspecified atom stereocenters. The summed E-state index contributed by atoms with van der Waals surface area (Å²) < 4.78 is 0. The van der Waals surface area contributed by atoms with E-state index >= 15 is 0 Å². The number of carbonyl (C=O) groups is 1. The molecule has 0 fully saturated rings. The lowest BCUT2D eigenvalue weighted by atomic mass is 10.2. The Labute approximate surface area is 118 Å². The molecule has 0 saturated heterocycles. The number of carbonyl (C=O) groups excluding carboxylic acids is 1.